The molecule has 1 aliphatic rings. The summed E-state index contributed by atoms with van der Waals surface area (Å²) in [5.74, 6) is 0. The van der Waals surface area contributed by atoms with Crippen molar-refractivity contribution in [3.63, 3.8) is 0 Å². The summed E-state index contributed by atoms with van der Waals surface area (Å²) in [4.78, 5) is 0. The highest BCUT2D eigenvalue weighted by Crippen LogP contribution is 2.19. The third-order valence-corrected chi connectivity index (χ3v) is 4.05. The van der Waals surface area contributed by atoms with Crippen LogP contribution in [0.1, 0.15) is 19.8 Å². The van der Waals surface area contributed by atoms with Crippen LogP contribution < -0.4 is 10.0 Å². The molecule has 1 fully saturated rings. The van der Waals surface area contributed by atoms with Crippen molar-refractivity contribution in [1.29, 1.82) is 0 Å². The van der Waals surface area contributed by atoms with Crippen LogP contribution in [0.3, 0.4) is 0 Å². The van der Waals surface area contributed by atoms with E-state index in [1.165, 1.54) is 6.92 Å². The second-order valence-corrected chi connectivity index (χ2v) is 6.16. The van der Waals surface area contributed by atoms with Gasteiger partial charge in [-0.2, -0.15) is 13.2 Å². The zero-order valence-corrected chi connectivity index (χ0v) is 9.66. The first-order chi connectivity index (χ1) is 7.21. The summed E-state index contributed by atoms with van der Waals surface area (Å²) in [5, 5.41) is 2.09. The maximum absolute atomic E-state index is 11.8. The third kappa shape index (κ3) is 5.13. The van der Waals surface area contributed by atoms with Crippen LogP contribution in [0.2, 0.25) is 0 Å². The molecule has 1 aliphatic carbocycles. The average Bonchev–Trinajstić information content (AvgIpc) is 2.93. The summed E-state index contributed by atoms with van der Waals surface area (Å²) in [5.41, 5.74) is 0. The van der Waals surface area contributed by atoms with Crippen LogP contribution in [-0.4, -0.2) is 39.0 Å². The summed E-state index contributed by atoms with van der Waals surface area (Å²) >= 11 is 0. The highest BCUT2D eigenvalue weighted by atomic mass is 32.2. The Labute approximate surface area is 92.6 Å². The minimum atomic E-state index is -4.52. The second-order valence-electron chi connectivity index (χ2n) is 3.97. The molecule has 96 valence electrons. The number of sulfonamides is 1. The van der Waals surface area contributed by atoms with Gasteiger partial charge in [0.15, 0.2) is 0 Å². The first-order valence-electron chi connectivity index (χ1n) is 4.99. The van der Waals surface area contributed by atoms with Crippen LogP contribution in [0, 0.1) is 0 Å². The van der Waals surface area contributed by atoms with Gasteiger partial charge in [0.25, 0.3) is 0 Å². The fourth-order valence-electron chi connectivity index (χ4n) is 1.05. The number of hydrogen-bond donors (Lipinski definition) is 2. The Morgan fingerprint density at radius 3 is 2.38 bits per heavy atom. The van der Waals surface area contributed by atoms with Gasteiger partial charge in [0, 0.05) is 12.6 Å². The molecular weight excluding hydrogens is 245 g/mol. The van der Waals surface area contributed by atoms with E-state index in [0.29, 0.717) is 6.04 Å². The zero-order chi connectivity index (χ0) is 12.4. The average molecular weight is 260 g/mol. The van der Waals surface area contributed by atoms with Crippen LogP contribution in [0.25, 0.3) is 0 Å². The summed E-state index contributed by atoms with van der Waals surface area (Å²) in [6.45, 7) is 0.0506. The molecule has 4 nitrogen and oxygen atoms in total. The highest BCUT2D eigenvalue weighted by molar-refractivity contribution is 7.90. The molecule has 0 amide bonds. The lowest BCUT2D eigenvalue weighted by molar-refractivity contribution is -0.121. The molecule has 1 saturated carbocycles. The molecule has 0 aliphatic heterocycles. The molecule has 1 unspecified atom stereocenters. The fourth-order valence-corrected chi connectivity index (χ4v) is 2.02. The van der Waals surface area contributed by atoms with Gasteiger partial charge in [-0.15, -0.1) is 0 Å². The van der Waals surface area contributed by atoms with Crippen LogP contribution in [-0.2, 0) is 10.0 Å². The van der Waals surface area contributed by atoms with Gasteiger partial charge in [0.2, 0.25) is 10.0 Å². The standard InChI is InChI=1S/C8H15F3N2O2S/c1-6(4-12-7-2-3-7)16(14,15)13-5-8(9,10)11/h6-7,12-13H,2-5H2,1H3. The maximum Gasteiger partial charge on any atom is 0.402 e. The Balaban J connectivity index is 2.35. The van der Waals surface area contributed by atoms with Crippen molar-refractivity contribution in [2.75, 3.05) is 13.1 Å². The van der Waals surface area contributed by atoms with Crippen molar-refractivity contribution >= 4 is 10.0 Å². The first kappa shape index (κ1) is 13.7. The lowest BCUT2D eigenvalue weighted by atomic mass is 10.4. The SMILES string of the molecule is CC(CNC1CC1)S(=O)(=O)NCC(F)(F)F. The van der Waals surface area contributed by atoms with Gasteiger partial charge >= 0.3 is 6.18 Å². The van der Waals surface area contributed by atoms with E-state index >= 15 is 0 Å². The number of nitrogens with one attached hydrogen (secondary N) is 2. The summed E-state index contributed by atoms with van der Waals surface area (Å²) in [6, 6.07) is 0.334. The van der Waals surface area contributed by atoms with Crippen LogP contribution in [0.15, 0.2) is 0 Å². The molecule has 0 bridgehead atoms. The number of alkyl halides is 3. The van der Waals surface area contributed by atoms with Crippen molar-refractivity contribution < 1.29 is 21.6 Å². The topological polar surface area (TPSA) is 58.2 Å². The lowest BCUT2D eigenvalue weighted by Crippen LogP contribution is -2.42. The number of hydrogen-bond acceptors (Lipinski definition) is 3. The van der Waals surface area contributed by atoms with E-state index in [2.05, 4.69) is 5.32 Å². The predicted molar refractivity (Wildman–Crippen MR) is 53.5 cm³/mol. The molecule has 0 radical (unpaired) electrons. The molecule has 0 aromatic rings. The molecule has 1 atom stereocenters. The van der Waals surface area contributed by atoms with Crippen molar-refractivity contribution in [3.05, 3.63) is 0 Å². The van der Waals surface area contributed by atoms with E-state index < -0.39 is 28.0 Å². The summed E-state index contributed by atoms with van der Waals surface area (Å²) in [7, 11) is -3.89. The molecule has 0 aromatic heterocycles. The van der Waals surface area contributed by atoms with Crippen molar-refractivity contribution in [3.8, 4) is 0 Å². The van der Waals surface area contributed by atoms with Gasteiger partial charge in [-0.25, -0.2) is 13.1 Å². The van der Waals surface area contributed by atoms with Gasteiger partial charge < -0.3 is 5.32 Å². The second kappa shape index (κ2) is 4.89. The number of rotatable bonds is 6. The molecule has 0 heterocycles. The van der Waals surface area contributed by atoms with E-state index in [-0.39, 0.29) is 6.54 Å². The Bertz CT molecular complexity index is 325. The minimum Gasteiger partial charge on any atom is -0.313 e. The quantitative estimate of drug-likeness (QED) is 0.735. The van der Waals surface area contributed by atoms with E-state index in [1.54, 1.807) is 4.72 Å². The molecular formula is C8H15F3N2O2S. The summed E-state index contributed by atoms with van der Waals surface area (Å²) < 4.78 is 59.8. The third-order valence-electron chi connectivity index (χ3n) is 2.27. The Morgan fingerprint density at radius 1 is 1.38 bits per heavy atom. The Hall–Kier alpha value is -0.340. The molecule has 8 heteroatoms. The minimum absolute atomic E-state index is 0.178. The smallest absolute Gasteiger partial charge is 0.313 e. The molecule has 0 aromatic carbocycles. The first-order valence-corrected chi connectivity index (χ1v) is 6.54. The summed E-state index contributed by atoms with van der Waals surface area (Å²) in [6.07, 6.45) is -2.51. The molecule has 0 spiro atoms. The van der Waals surface area contributed by atoms with Gasteiger partial charge in [-0.3, -0.25) is 0 Å². The normalized spacial score (nSPS) is 19.8. The maximum atomic E-state index is 11.8. The number of halogens is 3. The Morgan fingerprint density at radius 2 is 1.94 bits per heavy atom. The monoisotopic (exact) mass is 260 g/mol. The van der Waals surface area contributed by atoms with Crippen LogP contribution in [0.4, 0.5) is 13.2 Å². The van der Waals surface area contributed by atoms with Crippen molar-refractivity contribution in [2.45, 2.75) is 37.2 Å². The van der Waals surface area contributed by atoms with E-state index in [1.807, 2.05) is 0 Å². The van der Waals surface area contributed by atoms with Gasteiger partial charge in [-0.1, -0.05) is 0 Å². The lowest BCUT2D eigenvalue weighted by Gasteiger charge is -2.15. The predicted octanol–water partition coefficient (Wildman–Crippen LogP) is 0.609. The highest BCUT2D eigenvalue weighted by Gasteiger charge is 2.32. The van der Waals surface area contributed by atoms with Gasteiger partial charge in [-0.05, 0) is 19.8 Å². The van der Waals surface area contributed by atoms with Crippen molar-refractivity contribution in [2.24, 2.45) is 0 Å². The molecule has 2 N–H and O–H groups in total. The van der Waals surface area contributed by atoms with Crippen molar-refractivity contribution in [1.82, 2.24) is 10.0 Å². The van der Waals surface area contributed by atoms with E-state index in [4.69, 9.17) is 0 Å². The zero-order valence-electron chi connectivity index (χ0n) is 8.84. The van der Waals surface area contributed by atoms with E-state index in [9.17, 15) is 21.6 Å². The fraction of sp³-hybridized carbons (Fsp3) is 1.00. The van der Waals surface area contributed by atoms with Gasteiger partial charge in [0.05, 0.1) is 5.25 Å². The Kier molecular flexibility index (Phi) is 4.19. The van der Waals surface area contributed by atoms with Crippen LogP contribution >= 0.6 is 0 Å². The molecule has 16 heavy (non-hydrogen) atoms. The molecule has 0 saturated heterocycles. The largest absolute Gasteiger partial charge is 0.402 e. The molecule has 1 rings (SSSR count). The van der Waals surface area contributed by atoms with Gasteiger partial charge in [0.1, 0.15) is 6.54 Å². The van der Waals surface area contributed by atoms with Crippen LogP contribution in [0.5, 0.6) is 0 Å². The van der Waals surface area contributed by atoms with E-state index in [0.717, 1.165) is 12.8 Å².